The number of alkyl halides is 3. The fourth-order valence-electron chi connectivity index (χ4n) is 4.00. The molecule has 3 rings (SSSR count). The highest BCUT2D eigenvalue weighted by Crippen LogP contribution is 2.34. The van der Waals surface area contributed by atoms with Gasteiger partial charge < -0.3 is 15.3 Å². The summed E-state index contributed by atoms with van der Waals surface area (Å²) in [5, 5.41) is 20.3. The third-order valence-electron chi connectivity index (χ3n) is 5.62. The van der Waals surface area contributed by atoms with Crippen molar-refractivity contribution in [3.8, 4) is 0 Å². The second-order valence-electron chi connectivity index (χ2n) is 9.27. The van der Waals surface area contributed by atoms with Crippen molar-refractivity contribution in [2.75, 3.05) is 13.6 Å². The summed E-state index contributed by atoms with van der Waals surface area (Å²) in [6, 6.07) is 2.08. The highest BCUT2D eigenvalue weighted by molar-refractivity contribution is 6.07. The number of carbonyl (C=O) groups excluding carboxylic acids is 3. The maximum Gasteiger partial charge on any atom is 0.416 e. The monoisotopic (exact) mass is 481 g/mol. The van der Waals surface area contributed by atoms with E-state index >= 15 is 0 Å². The van der Waals surface area contributed by atoms with E-state index in [0.717, 1.165) is 18.2 Å². The fourth-order valence-corrected chi connectivity index (χ4v) is 4.00. The second kappa shape index (κ2) is 9.16. The molecule has 2 N–H and O–H groups in total. The van der Waals surface area contributed by atoms with Crippen molar-refractivity contribution >= 4 is 17.6 Å². The van der Waals surface area contributed by atoms with Gasteiger partial charge in [0.2, 0.25) is 17.6 Å². The average molecular weight is 481 g/mol. The molecule has 3 atom stereocenters. The molecule has 0 saturated carbocycles. The second-order valence-corrected chi connectivity index (χ2v) is 9.27. The van der Waals surface area contributed by atoms with Crippen molar-refractivity contribution < 1.29 is 32.7 Å². The Kier molecular flexibility index (Phi) is 6.83. The zero-order valence-electron chi connectivity index (χ0n) is 19.1. The van der Waals surface area contributed by atoms with E-state index in [1.165, 1.54) is 28.9 Å². The first-order valence-corrected chi connectivity index (χ1v) is 10.6. The van der Waals surface area contributed by atoms with Crippen LogP contribution in [0.2, 0.25) is 0 Å². The number of benzene rings is 1. The molecule has 0 aliphatic carbocycles. The summed E-state index contributed by atoms with van der Waals surface area (Å²) in [5.41, 5.74) is -2.17. The maximum atomic E-state index is 13.5. The van der Waals surface area contributed by atoms with Gasteiger partial charge in [-0.2, -0.15) is 13.2 Å². The zero-order valence-corrected chi connectivity index (χ0v) is 19.1. The summed E-state index contributed by atoms with van der Waals surface area (Å²) >= 11 is 0. The van der Waals surface area contributed by atoms with E-state index in [2.05, 4.69) is 15.6 Å². The van der Waals surface area contributed by atoms with Gasteiger partial charge in [0.1, 0.15) is 12.1 Å². The summed E-state index contributed by atoms with van der Waals surface area (Å²) in [4.78, 5) is 39.8. The number of rotatable bonds is 5. The van der Waals surface area contributed by atoms with Crippen molar-refractivity contribution in [1.29, 1.82) is 0 Å². The van der Waals surface area contributed by atoms with Crippen LogP contribution in [0.25, 0.3) is 0 Å². The molecule has 2 heterocycles. The van der Waals surface area contributed by atoms with Crippen molar-refractivity contribution in [2.45, 2.75) is 51.6 Å². The third kappa shape index (κ3) is 5.11. The molecule has 2 amide bonds. The van der Waals surface area contributed by atoms with Crippen LogP contribution >= 0.6 is 0 Å². The molecule has 2 aromatic rings. The van der Waals surface area contributed by atoms with Crippen LogP contribution in [0.3, 0.4) is 0 Å². The molecule has 1 aromatic heterocycles. The number of ketones is 1. The van der Waals surface area contributed by atoms with Gasteiger partial charge in [-0.3, -0.25) is 14.4 Å². The van der Waals surface area contributed by atoms with Crippen molar-refractivity contribution in [3.63, 3.8) is 0 Å². The van der Waals surface area contributed by atoms with E-state index in [0.29, 0.717) is 0 Å². The molecule has 12 heteroatoms. The Bertz CT molecular complexity index is 1090. The minimum absolute atomic E-state index is 0.0474. The lowest BCUT2D eigenvalue weighted by molar-refractivity contribution is -0.144. The van der Waals surface area contributed by atoms with E-state index in [9.17, 15) is 32.7 Å². The number of hydrogen-bond donors (Lipinski definition) is 2. The number of halogens is 3. The predicted octanol–water partition coefficient (Wildman–Crippen LogP) is 1.82. The lowest BCUT2D eigenvalue weighted by Crippen LogP contribution is -2.49. The Morgan fingerprint density at radius 2 is 1.88 bits per heavy atom. The summed E-state index contributed by atoms with van der Waals surface area (Å²) in [5.74, 6) is -1.70. The van der Waals surface area contributed by atoms with E-state index < -0.39 is 52.9 Å². The lowest BCUT2D eigenvalue weighted by Gasteiger charge is -2.34. The van der Waals surface area contributed by atoms with Gasteiger partial charge in [-0.15, -0.1) is 5.10 Å². The van der Waals surface area contributed by atoms with Crippen LogP contribution in [-0.4, -0.2) is 68.3 Å². The van der Waals surface area contributed by atoms with Gasteiger partial charge in [0.25, 0.3) is 0 Å². The van der Waals surface area contributed by atoms with Gasteiger partial charge in [-0.05, 0) is 17.5 Å². The highest BCUT2D eigenvalue weighted by atomic mass is 19.4. The summed E-state index contributed by atoms with van der Waals surface area (Å²) in [7, 11) is 1.43. The number of likely N-dealkylation sites (tertiary alicyclic amines) is 1. The number of β-amino-alcohol motifs (C(OH)–C–C–N with tert-alkyl or cyclic N) is 1. The van der Waals surface area contributed by atoms with E-state index in [4.69, 9.17) is 0 Å². The Hall–Kier alpha value is -3.28. The smallest absolute Gasteiger partial charge is 0.391 e. The Morgan fingerprint density at radius 1 is 1.21 bits per heavy atom. The van der Waals surface area contributed by atoms with Gasteiger partial charge >= 0.3 is 6.18 Å². The number of carbonyl (C=O) groups is 3. The standard InChI is InChI=1S/C22H26F3N5O4/c1-21(2,3)18(20(34)29-10-14(31)9-16(29)19(33)26-4)30-11-15(27-28-30)17(32)12-6-5-7-13(8-12)22(23,24)25/h5-8,11,14,16,18,31H,9-10H2,1-4H3,(H,26,33)/t14-,16+,18-/m1/s1. The van der Waals surface area contributed by atoms with Gasteiger partial charge in [0.05, 0.1) is 17.9 Å². The van der Waals surface area contributed by atoms with Crippen LogP contribution in [0.1, 0.15) is 54.8 Å². The first-order valence-electron chi connectivity index (χ1n) is 10.6. The average Bonchev–Trinajstić information content (AvgIpc) is 3.38. The summed E-state index contributed by atoms with van der Waals surface area (Å²) < 4.78 is 40.2. The lowest BCUT2D eigenvalue weighted by atomic mass is 9.85. The quantitative estimate of drug-likeness (QED) is 0.630. The Morgan fingerprint density at radius 3 is 2.47 bits per heavy atom. The van der Waals surface area contributed by atoms with Gasteiger partial charge in [-0.25, -0.2) is 4.68 Å². The van der Waals surface area contributed by atoms with Gasteiger partial charge in [0, 0.05) is 25.6 Å². The molecule has 9 nitrogen and oxygen atoms in total. The van der Waals surface area contributed by atoms with Crippen LogP contribution in [0, 0.1) is 5.41 Å². The topological polar surface area (TPSA) is 117 Å². The molecule has 1 fully saturated rings. The largest absolute Gasteiger partial charge is 0.416 e. The summed E-state index contributed by atoms with van der Waals surface area (Å²) in [6.07, 6.45) is -4.20. The minimum atomic E-state index is -4.61. The Labute approximate surface area is 193 Å². The van der Waals surface area contributed by atoms with Gasteiger partial charge in [-0.1, -0.05) is 38.1 Å². The van der Waals surface area contributed by atoms with E-state index in [1.807, 2.05) is 0 Å². The van der Waals surface area contributed by atoms with Crippen LogP contribution in [0.4, 0.5) is 13.2 Å². The molecule has 0 bridgehead atoms. The number of hydrogen-bond acceptors (Lipinski definition) is 6. The van der Waals surface area contributed by atoms with Crippen molar-refractivity contribution in [2.24, 2.45) is 5.41 Å². The van der Waals surface area contributed by atoms with Crippen LogP contribution < -0.4 is 5.32 Å². The summed E-state index contributed by atoms with van der Waals surface area (Å²) in [6.45, 7) is 5.22. The molecule has 0 radical (unpaired) electrons. The molecule has 184 valence electrons. The molecular weight excluding hydrogens is 455 g/mol. The maximum absolute atomic E-state index is 13.5. The molecule has 0 spiro atoms. The predicted molar refractivity (Wildman–Crippen MR) is 114 cm³/mol. The third-order valence-corrected chi connectivity index (χ3v) is 5.62. The van der Waals surface area contributed by atoms with Gasteiger partial charge in [0.15, 0.2) is 5.69 Å². The number of nitrogens with one attached hydrogen (secondary N) is 1. The highest BCUT2D eigenvalue weighted by Gasteiger charge is 2.45. The van der Waals surface area contributed by atoms with Crippen molar-refractivity contribution in [1.82, 2.24) is 25.2 Å². The molecule has 1 saturated heterocycles. The SMILES string of the molecule is CNC(=O)[C@@H]1C[C@@H](O)CN1C(=O)[C@@H](n1cc(C(=O)c2cccc(C(F)(F)F)c2)nn1)C(C)(C)C. The molecular formula is C22H26F3N5O4. The number of amides is 2. The molecule has 1 aliphatic heterocycles. The minimum Gasteiger partial charge on any atom is -0.391 e. The zero-order chi connectivity index (χ0) is 25.4. The number of aromatic nitrogens is 3. The first-order chi connectivity index (χ1) is 15.7. The number of likely N-dealkylation sites (N-methyl/N-ethyl adjacent to an activating group) is 1. The molecule has 0 unspecified atom stereocenters. The van der Waals surface area contributed by atoms with Crippen molar-refractivity contribution in [3.05, 3.63) is 47.3 Å². The molecule has 1 aromatic carbocycles. The Balaban J connectivity index is 1.93. The fraction of sp³-hybridized carbons (Fsp3) is 0.500. The first kappa shape index (κ1) is 25.3. The van der Waals surface area contributed by atoms with Crippen LogP contribution in [0.15, 0.2) is 30.5 Å². The molecule has 1 aliphatic rings. The van der Waals surface area contributed by atoms with E-state index in [-0.39, 0.29) is 24.2 Å². The normalized spacial score (nSPS) is 19.7. The number of nitrogens with zero attached hydrogens (tertiary/aromatic N) is 4. The van der Waals surface area contributed by atoms with E-state index in [1.54, 1.807) is 20.8 Å². The molecule has 34 heavy (non-hydrogen) atoms. The van der Waals surface area contributed by atoms with Crippen LogP contribution in [-0.2, 0) is 15.8 Å². The number of aliphatic hydroxyl groups excluding tert-OH is 1. The number of aliphatic hydroxyl groups is 1. The van der Waals surface area contributed by atoms with Crippen LogP contribution in [0.5, 0.6) is 0 Å².